The summed E-state index contributed by atoms with van der Waals surface area (Å²) in [5, 5.41) is 0. The van der Waals surface area contributed by atoms with Crippen molar-refractivity contribution in [3.63, 3.8) is 0 Å². The maximum atomic E-state index is 11.2. The van der Waals surface area contributed by atoms with Crippen molar-refractivity contribution in [3.8, 4) is 17.2 Å². The van der Waals surface area contributed by atoms with E-state index in [1.54, 1.807) is 21.3 Å². The zero-order chi connectivity index (χ0) is 22.3. The van der Waals surface area contributed by atoms with Crippen molar-refractivity contribution < 1.29 is 71.7 Å². The second-order valence-corrected chi connectivity index (χ2v) is 8.47. The number of carbonyl (C=O) groups excluding carboxylic acids is 1. The van der Waals surface area contributed by atoms with Gasteiger partial charge in [0.2, 0.25) is 5.75 Å². The molecule has 1 aliphatic heterocycles. The zero-order valence-corrected chi connectivity index (χ0v) is 22.1. The number of ether oxygens (including phenoxy) is 4. The molecule has 1 heterocycles. The molecule has 0 amide bonds. The van der Waals surface area contributed by atoms with Crippen molar-refractivity contribution in [1.29, 1.82) is 0 Å². The molecule has 0 aliphatic carbocycles. The smallest absolute Gasteiger partial charge is 0.748 e. The Balaban J connectivity index is 0.00000480. The summed E-state index contributed by atoms with van der Waals surface area (Å²) in [5.41, 5.74) is 0.957. The molecule has 0 bridgehead atoms. The van der Waals surface area contributed by atoms with E-state index in [9.17, 15) is 17.8 Å². The van der Waals surface area contributed by atoms with Gasteiger partial charge in [-0.1, -0.05) is 6.07 Å². The van der Waals surface area contributed by atoms with E-state index in [-0.39, 0.29) is 41.6 Å². The zero-order valence-electron chi connectivity index (χ0n) is 19.3. The maximum absolute atomic E-state index is 11.2. The van der Waals surface area contributed by atoms with Gasteiger partial charge in [0.25, 0.3) is 0 Å². The molecule has 1 unspecified atom stereocenters. The van der Waals surface area contributed by atoms with E-state index in [0.717, 1.165) is 5.56 Å². The molecule has 2 N–H and O–H groups in total. The topological polar surface area (TPSA) is 149 Å². The second-order valence-electron chi connectivity index (χ2n) is 7.03. The number of piperazine rings is 1. The molecule has 1 saturated heterocycles. The number of hydrogen-bond donors (Lipinski definition) is 0. The van der Waals surface area contributed by atoms with Gasteiger partial charge in [0, 0.05) is 51.8 Å². The molecule has 1 aromatic carbocycles. The van der Waals surface area contributed by atoms with Crippen LogP contribution in [-0.2, 0) is 26.2 Å². The van der Waals surface area contributed by atoms with Crippen LogP contribution < -0.4 is 43.8 Å². The molecule has 0 spiro atoms. The molecule has 2 rings (SSSR count). The van der Waals surface area contributed by atoms with Crippen molar-refractivity contribution in [1.82, 2.24) is 9.80 Å². The fraction of sp³-hybridized carbons (Fsp3) is 0.632. The molecule has 1 atom stereocenters. The third kappa shape index (κ3) is 9.40. The van der Waals surface area contributed by atoms with Crippen molar-refractivity contribution in [2.75, 3.05) is 59.8 Å². The first-order valence-electron chi connectivity index (χ1n) is 9.50. The summed E-state index contributed by atoms with van der Waals surface area (Å²) in [4.78, 5) is 15.4. The van der Waals surface area contributed by atoms with Crippen molar-refractivity contribution in [3.05, 3.63) is 17.7 Å². The van der Waals surface area contributed by atoms with Crippen molar-refractivity contribution in [2.45, 2.75) is 19.6 Å². The first-order chi connectivity index (χ1) is 14.2. The third-order valence-electron chi connectivity index (χ3n) is 4.83. The monoisotopic (exact) mass is 486 g/mol. The Hall–Kier alpha value is -1.12. The molecule has 0 saturated carbocycles. The van der Waals surface area contributed by atoms with Gasteiger partial charge < -0.3 is 29.0 Å². The third-order valence-corrected chi connectivity index (χ3v) is 5.61. The Morgan fingerprint density at radius 3 is 2.06 bits per heavy atom. The van der Waals surface area contributed by atoms with E-state index in [2.05, 4.69) is 4.90 Å². The van der Waals surface area contributed by atoms with E-state index in [0.29, 0.717) is 50.0 Å². The number of nitrogens with zero attached hydrogens (tertiary/aromatic N) is 2. The predicted octanol–water partition coefficient (Wildman–Crippen LogP) is -3.51. The Bertz CT molecular complexity index is 830. The Morgan fingerprint density at radius 1 is 1.03 bits per heavy atom. The van der Waals surface area contributed by atoms with Crippen LogP contribution in [0.2, 0.25) is 0 Å². The fourth-order valence-corrected chi connectivity index (χ4v) is 4.16. The van der Waals surface area contributed by atoms with E-state index < -0.39 is 27.9 Å². The van der Waals surface area contributed by atoms with Gasteiger partial charge in [0.1, 0.15) is 6.10 Å². The number of hydrogen-bond acceptors (Lipinski definition) is 10. The van der Waals surface area contributed by atoms with Crippen LogP contribution in [0.5, 0.6) is 17.2 Å². The van der Waals surface area contributed by atoms with Crippen molar-refractivity contribution >= 4 is 16.1 Å². The number of esters is 1. The molecule has 0 radical (unpaired) electrons. The van der Waals surface area contributed by atoms with Gasteiger partial charge in [-0.2, -0.15) is 0 Å². The van der Waals surface area contributed by atoms with Crippen LogP contribution in [0.4, 0.5) is 0 Å². The largest absolute Gasteiger partial charge is 1.00 e. The predicted molar refractivity (Wildman–Crippen MR) is 112 cm³/mol. The molecular weight excluding hydrogens is 455 g/mol. The van der Waals surface area contributed by atoms with Crippen LogP contribution in [0, 0.1) is 0 Å². The van der Waals surface area contributed by atoms with Crippen LogP contribution in [0.25, 0.3) is 0 Å². The minimum absolute atomic E-state index is 0. The summed E-state index contributed by atoms with van der Waals surface area (Å²) in [6.45, 7) is 4.76. The van der Waals surface area contributed by atoms with Crippen LogP contribution in [-0.4, -0.2) is 100 Å². The van der Waals surface area contributed by atoms with Gasteiger partial charge in [-0.15, -0.1) is 0 Å². The number of methoxy groups -OCH3 is 3. The average molecular weight is 487 g/mol. The van der Waals surface area contributed by atoms with Gasteiger partial charge in [0.05, 0.1) is 37.2 Å². The quantitative estimate of drug-likeness (QED) is 0.185. The normalized spacial score (nSPS) is 15.7. The molecule has 32 heavy (non-hydrogen) atoms. The summed E-state index contributed by atoms with van der Waals surface area (Å²) < 4.78 is 54.5. The fourth-order valence-electron chi connectivity index (χ4n) is 3.53. The van der Waals surface area contributed by atoms with Crippen molar-refractivity contribution in [2.24, 2.45) is 0 Å². The minimum Gasteiger partial charge on any atom is -0.748 e. The first-order valence-corrected chi connectivity index (χ1v) is 11.1. The van der Waals surface area contributed by atoms with E-state index >= 15 is 0 Å². The average Bonchev–Trinajstić information content (AvgIpc) is 2.67. The molecule has 1 aliphatic rings. The summed E-state index contributed by atoms with van der Waals surface area (Å²) in [7, 11) is 0.217. The van der Waals surface area contributed by atoms with Gasteiger partial charge in [0.15, 0.2) is 11.5 Å². The molecule has 1 aromatic rings. The number of rotatable bonds is 10. The Kier molecular flexibility index (Phi) is 13.7. The van der Waals surface area contributed by atoms with Gasteiger partial charge in [-0.25, -0.2) is 8.42 Å². The molecule has 13 heteroatoms. The SMILES string of the molecule is COc1ccc(CN2CCN(CC(CS(=O)(=O)[O-])OC(C)=O)CC2)c(OC)c1OC.O.[Na+]. The molecule has 1 fully saturated rings. The molecule has 178 valence electrons. The van der Waals surface area contributed by atoms with E-state index in [1.165, 1.54) is 6.92 Å². The molecule has 0 aromatic heterocycles. The number of benzene rings is 1. The second kappa shape index (κ2) is 14.2. The summed E-state index contributed by atoms with van der Waals surface area (Å²) in [6, 6.07) is 3.77. The van der Waals surface area contributed by atoms with Gasteiger partial charge >= 0.3 is 35.5 Å². The van der Waals surface area contributed by atoms with E-state index in [4.69, 9.17) is 18.9 Å². The maximum Gasteiger partial charge on any atom is 1.00 e. The summed E-state index contributed by atoms with van der Waals surface area (Å²) in [6.07, 6.45) is -0.970. The van der Waals surface area contributed by atoms with Crippen LogP contribution >= 0.6 is 0 Å². The van der Waals surface area contributed by atoms with Crippen LogP contribution in [0.15, 0.2) is 12.1 Å². The molecular formula is C19H31N2NaO9S. The van der Waals surface area contributed by atoms with Crippen LogP contribution in [0.3, 0.4) is 0 Å². The Morgan fingerprint density at radius 2 is 1.59 bits per heavy atom. The van der Waals surface area contributed by atoms with Crippen LogP contribution in [0.1, 0.15) is 12.5 Å². The summed E-state index contributed by atoms with van der Waals surface area (Å²) >= 11 is 0. The first kappa shape index (κ1) is 30.9. The summed E-state index contributed by atoms with van der Waals surface area (Å²) in [5.74, 6) is 0.417. The minimum atomic E-state index is -4.49. The molecule has 11 nitrogen and oxygen atoms in total. The van der Waals surface area contributed by atoms with E-state index in [1.807, 2.05) is 17.0 Å². The Labute approximate surface area is 211 Å². The number of carbonyl (C=O) groups is 1. The standard InChI is InChI=1S/C19H30N2O8S.Na.H2O/c1-14(22)29-16(13-30(23,24)25)12-21-9-7-20(8-10-21)11-15-5-6-17(26-2)19(28-4)18(15)27-3;;/h5-6,16H,7-13H2,1-4H3,(H,23,24,25);;1H2/q;+1;/p-1. The van der Waals surface area contributed by atoms with Gasteiger partial charge in [-0.3, -0.25) is 14.6 Å². The van der Waals surface area contributed by atoms with Gasteiger partial charge in [-0.05, 0) is 6.07 Å².